The highest BCUT2D eigenvalue weighted by molar-refractivity contribution is 7.89. The Labute approximate surface area is 221 Å². The minimum Gasteiger partial charge on any atom is -0.497 e. The van der Waals surface area contributed by atoms with Crippen molar-refractivity contribution < 1.29 is 26.4 Å². The molecule has 0 aromatic heterocycles. The predicted molar refractivity (Wildman–Crippen MR) is 143 cm³/mol. The molecule has 1 heterocycles. The van der Waals surface area contributed by atoms with E-state index in [1.165, 1.54) is 20.7 Å². The zero-order chi connectivity index (χ0) is 27.1. The van der Waals surface area contributed by atoms with E-state index < -0.39 is 20.0 Å². The molecule has 0 bridgehead atoms. The maximum atomic E-state index is 13.7. The Balaban J connectivity index is 1.85. The van der Waals surface area contributed by atoms with Gasteiger partial charge in [-0.15, -0.1) is 0 Å². The van der Waals surface area contributed by atoms with E-state index in [1.807, 2.05) is 31.2 Å². The highest BCUT2D eigenvalue weighted by Crippen LogP contribution is 2.24. The number of nitrogens with zero attached hydrogens (tertiary/aromatic N) is 3. The number of hydrogen-bond acceptors (Lipinski definition) is 6. The number of benzene rings is 2. The fraction of sp³-hybridized carbons (Fsp3) is 0.500. The Morgan fingerprint density at radius 2 is 1.59 bits per heavy atom. The van der Waals surface area contributed by atoms with Gasteiger partial charge in [0, 0.05) is 32.2 Å². The number of hydrogen-bond donors (Lipinski definition) is 0. The Morgan fingerprint density at radius 1 is 0.973 bits per heavy atom. The van der Waals surface area contributed by atoms with Crippen LogP contribution in [0.2, 0.25) is 0 Å². The van der Waals surface area contributed by atoms with Crippen molar-refractivity contribution in [3.63, 3.8) is 0 Å². The largest absolute Gasteiger partial charge is 0.497 e. The molecule has 0 unspecified atom stereocenters. The molecule has 0 spiro atoms. The third kappa shape index (κ3) is 7.31. The fourth-order valence-electron chi connectivity index (χ4n) is 4.48. The molecule has 1 aliphatic heterocycles. The van der Waals surface area contributed by atoms with Crippen LogP contribution in [0.15, 0.2) is 59.5 Å². The molecule has 11 heteroatoms. The van der Waals surface area contributed by atoms with E-state index in [4.69, 9.17) is 4.74 Å². The van der Waals surface area contributed by atoms with Crippen LogP contribution in [0.5, 0.6) is 5.75 Å². The van der Waals surface area contributed by atoms with Gasteiger partial charge >= 0.3 is 0 Å². The summed E-state index contributed by atoms with van der Waals surface area (Å²) in [6.07, 6.45) is 1.53. The summed E-state index contributed by atoms with van der Waals surface area (Å²) < 4.78 is 59.3. The van der Waals surface area contributed by atoms with Gasteiger partial charge in [-0.05, 0) is 56.0 Å². The van der Waals surface area contributed by atoms with Crippen molar-refractivity contribution in [3.05, 3.63) is 60.2 Å². The molecular formula is C26H37N3O6S2. The second-order valence-corrected chi connectivity index (χ2v) is 13.2. The maximum absolute atomic E-state index is 13.7. The molecule has 0 radical (unpaired) electrons. The van der Waals surface area contributed by atoms with E-state index in [0.717, 1.165) is 5.56 Å². The highest BCUT2D eigenvalue weighted by Gasteiger charge is 2.34. The molecule has 1 amide bonds. The van der Waals surface area contributed by atoms with E-state index in [9.17, 15) is 21.6 Å². The number of carbonyl (C=O) groups is 1. The molecule has 2 aromatic carbocycles. The lowest BCUT2D eigenvalue weighted by molar-refractivity contribution is -0.135. The van der Waals surface area contributed by atoms with Gasteiger partial charge in [-0.1, -0.05) is 37.3 Å². The van der Waals surface area contributed by atoms with Crippen molar-refractivity contribution in [2.45, 2.75) is 50.6 Å². The summed E-state index contributed by atoms with van der Waals surface area (Å²) in [7, 11) is -5.58. The monoisotopic (exact) mass is 551 g/mol. The second kappa shape index (κ2) is 12.9. The van der Waals surface area contributed by atoms with Crippen LogP contribution >= 0.6 is 0 Å². The Kier molecular flexibility index (Phi) is 10.1. The van der Waals surface area contributed by atoms with E-state index in [0.29, 0.717) is 44.6 Å². The first-order chi connectivity index (χ1) is 17.6. The van der Waals surface area contributed by atoms with E-state index >= 15 is 0 Å². The van der Waals surface area contributed by atoms with E-state index in [2.05, 4.69) is 0 Å². The second-order valence-electron chi connectivity index (χ2n) is 9.05. The highest BCUT2D eigenvalue weighted by atomic mass is 32.2. The summed E-state index contributed by atoms with van der Waals surface area (Å²) in [5.41, 5.74) is 0.880. The number of carbonyl (C=O) groups excluding carboxylic acids is 1. The van der Waals surface area contributed by atoms with Gasteiger partial charge < -0.3 is 9.64 Å². The minimum atomic E-state index is -3.85. The lowest BCUT2D eigenvalue weighted by Crippen LogP contribution is -2.51. The van der Waals surface area contributed by atoms with Gasteiger partial charge in [0.15, 0.2) is 0 Å². The van der Waals surface area contributed by atoms with E-state index in [1.54, 1.807) is 37.1 Å². The third-order valence-electron chi connectivity index (χ3n) is 6.62. The van der Waals surface area contributed by atoms with Crippen LogP contribution in [0, 0.1) is 0 Å². The first-order valence-electron chi connectivity index (χ1n) is 12.6. The van der Waals surface area contributed by atoms with Gasteiger partial charge in [-0.3, -0.25) is 4.79 Å². The molecule has 0 atom stereocenters. The quantitative estimate of drug-likeness (QED) is 0.402. The van der Waals surface area contributed by atoms with Crippen molar-refractivity contribution in [2.24, 2.45) is 0 Å². The van der Waals surface area contributed by atoms with Crippen LogP contribution in [-0.2, 0) is 31.4 Å². The van der Waals surface area contributed by atoms with Gasteiger partial charge in [0.05, 0.1) is 24.3 Å². The first kappa shape index (κ1) is 29.1. The summed E-state index contributed by atoms with van der Waals surface area (Å²) in [5.74, 6) is 0.429. The summed E-state index contributed by atoms with van der Waals surface area (Å²) in [4.78, 5) is 15.6. The molecule has 204 valence electrons. The summed E-state index contributed by atoms with van der Waals surface area (Å²) >= 11 is 0. The molecule has 0 N–H and O–H groups in total. The molecule has 2 aromatic rings. The lowest BCUT2D eigenvalue weighted by atomic mass is 10.0. The number of methoxy groups -OCH3 is 1. The lowest BCUT2D eigenvalue weighted by Gasteiger charge is -2.39. The zero-order valence-corrected chi connectivity index (χ0v) is 23.4. The fourth-order valence-corrected chi connectivity index (χ4v) is 7.11. The smallest absolute Gasteiger partial charge is 0.243 e. The van der Waals surface area contributed by atoms with E-state index in [-0.39, 0.29) is 35.7 Å². The summed E-state index contributed by atoms with van der Waals surface area (Å²) in [6.45, 7) is 4.37. The van der Waals surface area contributed by atoms with Gasteiger partial charge in [-0.2, -0.15) is 4.31 Å². The molecule has 1 saturated heterocycles. The topological polar surface area (TPSA) is 104 Å². The normalized spacial score (nSPS) is 15.6. The summed E-state index contributed by atoms with van der Waals surface area (Å²) in [5, 5.41) is 0. The number of ether oxygens (including phenoxy) is 1. The van der Waals surface area contributed by atoms with Crippen molar-refractivity contribution in [1.29, 1.82) is 0 Å². The number of piperidine rings is 1. The SMILES string of the molecule is CCCN(CC(=O)N(Cc1ccc(OC)cc1)C1CCN(S(=O)(=O)CC)CC1)S(=O)(=O)c1ccccc1. The maximum Gasteiger partial charge on any atom is 0.243 e. The molecular weight excluding hydrogens is 514 g/mol. The number of rotatable bonds is 12. The standard InChI is InChI=1S/C26H37N3O6S2/c1-4-17-28(37(33,34)25-9-7-6-8-10-25)21-26(30)29(20-22-11-13-24(35-3)14-12-22)23-15-18-27(19-16-23)36(31,32)5-2/h6-14,23H,4-5,15-21H2,1-3H3. The Hall–Kier alpha value is -2.47. The van der Waals surface area contributed by atoms with Crippen LogP contribution < -0.4 is 4.74 Å². The van der Waals surface area contributed by atoms with Gasteiger partial charge in [-0.25, -0.2) is 21.1 Å². The summed E-state index contributed by atoms with van der Waals surface area (Å²) in [6, 6.07) is 15.3. The zero-order valence-electron chi connectivity index (χ0n) is 21.7. The van der Waals surface area contributed by atoms with Gasteiger partial charge in [0.1, 0.15) is 5.75 Å². The third-order valence-corrected chi connectivity index (χ3v) is 10.4. The predicted octanol–water partition coefficient (Wildman–Crippen LogP) is 2.94. The average Bonchev–Trinajstić information content (AvgIpc) is 2.92. The molecule has 1 aliphatic rings. The number of sulfonamides is 2. The molecule has 3 rings (SSSR count). The van der Waals surface area contributed by atoms with Crippen LogP contribution in [0.4, 0.5) is 0 Å². The average molecular weight is 552 g/mol. The van der Waals surface area contributed by atoms with Gasteiger partial charge in [0.25, 0.3) is 0 Å². The van der Waals surface area contributed by atoms with Crippen molar-refractivity contribution in [3.8, 4) is 5.75 Å². The Bertz CT molecular complexity index is 1230. The van der Waals surface area contributed by atoms with Gasteiger partial charge in [0.2, 0.25) is 26.0 Å². The minimum absolute atomic E-state index is 0.0372. The number of amides is 1. The first-order valence-corrected chi connectivity index (χ1v) is 15.6. The molecule has 0 aliphatic carbocycles. The van der Waals surface area contributed by atoms with Crippen LogP contribution in [0.1, 0.15) is 38.7 Å². The van der Waals surface area contributed by atoms with Crippen molar-refractivity contribution >= 4 is 26.0 Å². The van der Waals surface area contributed by atoms with Crippen molar-refractivity contribution in [2.75, 3.05) is 39.0 Å². The Morgan fingerprint density at radius 3 is 2.14 bits per heavy atom. The van der Waals surface area contributed by atoms with Crippen LogP contribution in [0.3, 0.4) is 0 Å². The molecule has 37 heavy (non-hydrogen) atoms. The van der Waals surface area contributed by atoms with Crippen molar-refractivity contribution in [1.82, 2.24) is 13.5 Å². The van der Waals surface area contributed by atoms with Crippen LogP contribution in [-0.4, -0.2) is 81.3 Å². The molecule has 1 fully saturated rings. The van der Waals surface area contributed by atoms with Crippen LogP contribution in [0.25, 0.3) is 0 Å². The molecule has 0 saturated carbocycles. The molecule has 9 nitrogen and oxygen atoms in total.